The molecule has 2 heterocycles. The zero-order chi connectivity index (χ0) is 25.9. The van der Waals surface area contributed by atoms with Crippen LogP contribution in [0, 0.1) is 18.8 Å². The van der Waals surface area contributed by atoms with Gasteiger partial charge >= 0.3 is 7.60 Å². The summed E-state index contributed by atoms with van der Waals surface area (Å²) >= 11 is 0. The Morgan fingerprint density at radius 1 is 1.26 bits per heavy atom. The number of methoxy groups -OCH3 is 1. The maximum Gasteiger partial charge on any atom is 0.359 e. The lowest BCUT2D eigenvalue weighted by Crippen LogP contribution is -2.42. The van der Waals surface area contributed by atoms with E-state index in [4.69, 9.17) is 14.0 Å². The summed E-state index contributed by atoms with van der Waals surface area (Å²) in [6.07, 6.45) is -2.85. The summed E-state index contributed by atoms with van der Waals surface area (Å²) in [7, 11) is -3.00. The van der Waals surface area contributed by atoms with Crippen molar-refractivity contribution >= 4 is 7.60 Å². The molecule has 10 nitrogen and oxygen atoms in total. The second-order valence-electron chi connectivity index (χ2n) is 8.85. The van der Waals surface area contributed by atoms with Crippen molar-refractivity contribution < 1.29 is 33.7 Å². The molecule has 1 aromatic heterocycles. The van der Waals surface area contributed by atoms with Crippen LogP contribution in [0.15, 0.2) is 4.79 Å². The zero-order valence-corrected chi connectivity index (χ0v) is 21.8. The number of aryl methyl sites for hydroxylation is 1. The topological polar surface area (TPSA) is 151 Å². The lowest BCUT2D eigenvalue weighted by molar-refractivity contribution is -0.0624. The molecule has 4 N–H and O–H groups in total. The van der Waals surface area contributed by atoms with Crippen molar-refractivity contribution in [1.82, 2.24) is 9.97 Å². The number of aromatic nitrogens is 2. The molecule has 6 unspecified atom stereocenters. The quantitative estimate of drug-likeness (QED) is 0.281. The molecule has 0 saturated carbocycles. The number of aliphatic hydroxyl groups is 2. The highest BCUT2D eigenvalue weighted by molar-refractivity contribution is 7.54. The number of nitrogens with zero attached hydrogens (tertiary/aromatic N) is 1. The highest BCUT2D eigenvalue weighted by Crippen LogP contribution is 2.59. The highest BCUT2D eigenvalue weighted by Gasteiger charge is 2.52. The minimum absolute atomic E-state index is 0.0269. The molecular formula is C23H37N2O8P. The van der Waals surface area contributed by atoms with Gasteiger partial charge < -0.3 is 29.6 Å². The van der Waals surface area contributed by atoms with Gasteiger partial charge in [0.25, 0.3) is 5.56 Å². The monoisotopic (exact) mass is 500 g/mol. The number of aliphatic hydroxyl groups excluding tert-OH is 1. The number of hydrogen-bond donors (Lipinski definition) is 4. The second-order valence-corrected chi connectivity index (χ2v) is 11.0. The van der Waals surface area contributed by atoms with Crippen LogP contribution in [-0.4, -0.2) is 61.4 Å². The van der Waals surface area contributed by atoms with Crippen LogP contribution >= 0.6 is 7.60 Å². The number of aromatic amines is 1. The smallest absolute Gasteiger partial charge is 0.359 e. The first-order valence-electron chi connectivity index (χ1n) is 11.5. The van der Waals surface area contributed by atoms with Gasteiger partial charge in [-0.2, -0.15) is 0 Å². The first-order valence-corrected chi connectivity index (χ1v) is 13.1. The molecule has 0 aromatic carbocycles. The second kappa shape index (κ2) is 11.0. The van der Waals surface area contributed by atoms with E-state index in [-0.39, 0.29) is 29.8 Å². The highest BCUT2D eigenvalue weighted by atomic mass is 31.2. The van der Waals surface area contributed by atoms with Crippen LogP contribution in [0.5, 0.6) is 0 Å². The maximum absolute atomic E-state index is 12.9. The Bertz CT molecular complexity index is 1020. The van der Waals surface area contributed by atoms with Crippen LogP contribution < -0.4 is 5.56 Å². The minimum atomic E-state index is -4.43. The SMILES string of the molecule is CC#Cc1[nH]c(=O)c(C)nc1C1OC(CC(CC)(CC)OP(=O)(O)C(C)(O)CC)C(O)C1OC. The van der Waals surface area contributed by atoms with Crippen molar-refractivity contribution in [2.75, 3.05) is 7.11 Å². The van der Waals surface area contributed by atoms with Crippen molar-refractivity contribution in [3.8, 4) is 11.8 Å². The normalized spacial score (nSPS) is 26.4. The minimum Gasteiger partial charge on any atom is -0.388 e. The first-order chi connectivity index (χ1) is 15.8. The predicted molar refractivity (Wildman–Crippen MR) is 126 cm³/mol. The molecule has 0 bridgehead atoms. The van der Waals surface area contributed by atoms with Gasteiger partial charge in [-0.15, -0.1) is 0 Å². The van der Waals surface area contributed by atoms with Gasteiger partial charge in [-0.3, -0.25) is 13.9 Å². The molecule has 11 heteroatoms. The van der Waals surface area contributed by atoms with Crippen LogP contribution in [0.25, 0.3) is 0 Å². The fourth-order valence-corrected chi connectivity index (χ4v) is 5.46. The molecule has 0 radical (unpaired) electrons. The molecule has 1 aliphatic rings. The fraction of sp³-hybridized carbons (Fsp3) is 0.739. The van der Waals surface area contributed by atoms with Gasteiger partial charge in [-0.05, 0) is 46.0 Å². The molecule has 1 aromatic rings. The van der Waals surface area contributed by atoms with Crippen LogP contribution in [0.1, 0.15) is 83.5 Å². The summed E-state index contributed by atoms with van der Waals surface area (Å²) in [5.41, 5.74) is -0.707. The number of hydrogen-bond acceptors (Lipinski definition) is 8. The molecule has 0 aliphatic carbocycles. The average Bonchev–Trinajstić information content (AvgIpc) is 3.09. The third-order valence-corrected chi connectivity index (χ3v) is 8.87. The van der Waals surface area contributed by atoms with Crippen LogP contribution in [0.3, 0.4) is 0 Å². The van der Waals surface area contributed by atoms with Gasteiger partial charge in [0.1, 0.15) is 35.4 Å². The molecule has 0 spiro atoms. The van der Waals surface area contributed by atoms with E-state index in [1.54, 1.807) is 34.6 Å². The van der Waals surface area contributed by atoms with Crippen molar-refractivity contribution in [1.29, 1.82) is 0 Å². The molecule has 1 saturated heterocycles. The number of ether oxygens (including phenoxy) is 2. The summed E-state index contributed by atoms with van der Waals surface area (Å²) in [6, 6.07) is 0. The first kappa shape index (κ1) is 28.7. The molecule has 192 valence electrons. The van der Waals surface area contributed by atoms with Crippen LogP contribution in [0.4, 0.5) is 0 Å². The van der Waals surface area contributed by atoms with E-state index in [1.807, 2.05) is 0 Å². The van der Waals surface area contributed by atoms with E-state index < -0.39 is 43.0 Å². The summed E-state index contributed by atoms with van der Waals surface area (Å²) in [6.45, 7) is 9.65. The van der Waals surface area contributed by atoms with Crippen LogP contribution in [-0.2, 0) is 18.6 Å². The van der Waals surface area contributed by atoms with Gasteiger partial charge in [0.05, 0.1) is 11.7 Å². The Kier molecular flexibility index (Phi) is 9.28. The Morgan fingerprint density at radius 3 is 2.38 bits per heavy atom. The van der Waals surface area contributed by atoms with E-state index in [1.165, 1.54) is 14.0 Å². The van der Waals surface area contributed by atoms with E-state index in [0.717, 1.165) is 0 Å². The Labute approximate surface area is 200 Å². The third-order valence-electron chi connectivity index (χ3n) is 6.70. The number of H-pyrrole nitrogens is 1. The molecular weight excluding hydrogens is 463 g/mol. The van der Waals surface area contributed by atoms with Gasteiger partial charge in [0.2, 0.25) is 0 Å². The molecule has 6 atom stereocenters. The van der Waals surface area contributed by atoms with E-state index in [0.29, 0.717) is 18.5 Å². The third kappa shape index (κ3) is 5.63. The molecule has 2 rings (SSSR count). The van der Waals surface area contributed by atoms with Crippen molar-refractivity contribution in [2.45, 2.75) is 103 Å². The zero-order valence-electron chi connectivity index (χ0n) is 20.9. The number of nitrogens with one attached hydrogen (secondary N) is 1. The number of rotatable bonds is 10. The Hall–Kier alpha value is -1.57. The Morgan fingerprint density at radius 2 is 1.88 bits per heavy atom. The van der Waals surface area contributed by atoms with Crippen LogP contribution in [0.2, 0.25) is 0 Å². The van der Waals surface area contributed by atoms with Crippen molar-refractivity contribution in [3.63, 3.8) is 0 Å². The average molecular weight is 501 g/mol. The fourth-order valence-electron chi connectivity index (χ4n) is 4.00. The summed E-state index contributed by atoms with van der Waals surface area (Å²) in [4.78, 5) is 29.7. The molecule has 1 aliphatic heterocycles. The van der Waals surface area contributed by atoms with Crippen molar-refractivity contribution in [3.05, 3.63) is 27.4 Å². The molecule has 1 fully saturated rings. The van der Waals surface area contributed by atoms with Gasteiger partial charge in [0, 0.05) is 13.5 Å². The van der Waals surface area contributed by atoms with Gasteiger partial charge in [0.15, 0.2) is 5.34 Å². The van der Waals surface area contributed by atoms with Gasteiger partial charge in [-0.1, -0.05) is 26.7 Å². The van der Waals surface area contributed by atoms with Crippen molar-refractivity contribution in [2.24, 2.45) is 0 Å². The lowest BCUT2D eigenvalue weighted by Gasteiger charge is -2.39. The summed E-state index contributed by atoms with van der Waals surface area (Å²) in [5.74, 6) is 5.54. The Balaban J connectivity index is 2.44. The lowest BCUT2D eigenvalue weighted by atomic mass is 9.88. The van der Waals surface area contributed by atoms with Gasteiger partial charge in [-0.25, -0.2) is 4.98 Å². The largest absolute Gasteiger partial charge is 0.388 e. The van der Waals surface area contributed by atoms with E-state index in [2.05, 4.69) is 21.8 Å². The molecule has 0 amide bonds. The van der Waals surface area contributed by atoms with E-state index in [9.17, 15) is 24.5 Å². The maximum atomic E-state index is 12.9. The standard InChI is InChI=1S/C23H37N2O8P/c1-8-12-15-17(24-14(5)21(27)25-15)19-20(31-7)18(26)16(32-19)13-23(10-3,11-4)33-34(29,30)22(6,28)9-2/h16,18-20,26,28H,9-11,13H2,1-7H3,(H,25,27)(H,29,30). The summed E-state index contributed by atoms with van der Waals surface area (Å²) < 4.78 is 30.4. The predicted octanol–water partition coefficient (Wildman–Crippen LogP) is 2.53. The summed E-state index contributed by atoms with van der Waals surface area (Å²) in [5, 5.41) is 19.6. The van der Waals surface area contributed by atoms with E-state index >= 15 is 0 Å². The molecule has 34 heavy (non-hydrogen) atoms.